The Hall–Kier alpha value is -2.21. The van der Waals surface area contributed by atoms with E-state index in [9.17, 15) is 8.42 Å². The molecule has 0 aliphatic rings. The van der Waals surface area contributed by atoms with E-state index in [0.29, 0.717) is 18.7 Å². The first-order valence-corrected chi connectivity index (χ1v) is 9.28. The maximum Gasteiger partial charge on any atom is 0.232 e. The van der Waals surface area contributed by atoms with Gasteiger partial charge in [0, 0.05) is 17.1 Å². The van der Waals surface area contributed by atoms with Crippen molar-refractivity contribution in [3.8, 4) is 5.75 Å². The second-order valence-corrected chi connectivity index (χ2v) is 6.92. The zero-order valence-corrected chi connectivity index (χ0v) is 14.2. The summed E-state index contributed by atoms with van der Waals surface area (Å²) < 4.78 is 31.4. The molecule has 0 amide bonds. The Labute approximate surface area is 137 Å². The van der Waals surface area contributed by atoms with Gasteiger partial charge in [0.15, 0.2) is 0 Å². The number of hydrogen-bond donors (Lipinski definition) is 2. The van der Waals surface area contributed by atoms with Crippen molar-refractivity contribution in [1.29, 1.82) is 0 Å². The lowest BCUT2D eigenvalue weighted by atomic mass is 10.2. The second kappa shape index (κ2) is 7.87. The van der Waals surface area contributed by atoms with E-state index in [4.69, 9.17) is 4.74 Å². The molecule has 124 valence electrons. The van der Waals surface area contributed by atoms with Crippen molar-refractivity contribution >= 4 is 27.1 Å². The van der Waals surface area contributed by atoms with Crippen molar-refractivity contribution in [2.45, 2.75) is 20.3 Å². The third kappa shape index (κ3) is 5.49. The molecule has 0 aliphatic heterocycles. The number of ether oxygens (including phenoxy) is 1. The Balaban J connectivity index is 1.99. The average molecular weight is 334 g/mol. The smallest absolute Gasteiger partial charge is 0.232 e. The van der Waals surface area contributed by atoms with E-state index in [1.54, 1.807) is 12.1 Å². The molecule has 0 saturated heterocycles. The third-order valence-electron chi connectivity index (χ3n) is 3.09. The summed E-state index contributed by atoms with van der Waals surface area (Å²) in [4.78, 5) is 0. The van der Waals surface area contributed by atoms with E-state index in [1.807, 2.05) is 50.2 Å². The molecule has 2 aromatic carbocycles. The molecule has 0 radical (unpaired) electrons. The van der Waals surface area contributed by atoms with Crippen molar-refractivity contribution in [1.82, 2.24) is 0 Å². The first-order valence-electron chi connectivity index (χ1n) is 7.63. The minimum atomic E-state index is -3.25. The number of hydrogen-bond acceptors (Lipinski definition) is 4. The zero-order chi connectivity index (χ0) is 16.7. The van der Waals surface area contributed by atoms with Crippen LogP contribution in [0.1, 0.15) is 20.3 Å². The maximum absolute atomic E-state index is 11.7. The molecule has 2 N–H and O–H groups in total. The molecule has 0 aromatic heterocycles. The fraction of sp³-hybridized carbons (Fsp3) is 0.294. The molecule has 6 heteroatoms. The quantitative estimate of drug-likeness (QED) is 0.766. The second-order valence-electron chi connectivity index (χ2n) is 5.08. The zero-order valence-electron chi connectivity index (χ0n) is 13.4. The van der Waals surface area contributed by atoms with Crippen LogP contribution in [0, 0.1) is 0 Å². The highest BCUT2D eigenvalue weighted by Crippen LogP contribution is 2.22. The van der Waals surface area contributed by atoms with Crippen LogP contribution in [-0.2, 0) is 10.0 Å². The van der Waals surface area contributed by atoms with Gasteiger partial charge in [-0.3, -0.25) is 4.72 Å². The van der Waals surface area contributed by atoms with E-state index in [0.717, 1.165) is 17.1 Å². The van der Waals surface area contributed by atoms with Gasteiger partial charge < -0.3 is 10.1 Å². The molecule has 0 spiro atoms. The maximum atomic E-state index is 11.7. The highest BCUT2D eigenvalue weighted by atomic mass is 32.2. The molecule has 23 heavy (non-hydrogen) atoms. The van der Waals surface area contributed by atoms with Gasteiger partial charge in [-0.25, -0.2) is 8.42 Å². The highest BCUT2D eigenvalue weighted by molar-refractivity contribution is 7.92. The lowest BCUT2D eigenvalue weighted by Crippen LogP contribution is -2.15. The summed E-state index contributed by atoms with van der Waals surface area (Å²) in [6, 6.07) is 14.8. The lowest BCUT2D eigenvalue weighted by molar-refractivity contribution is 0.340. The topological polar surface area (TPSA) is 67.4 Å². The lowest BCUT2D eigenvalue weighted by Gasteiger charge is -2.10. The standard InChI is InChI=1S/C17H22N2O3S/c1-3-13-23(20,21)19-16-7-5-14(6-8-16)18-15-9-11-17(12-10-15)22-4-2/h5-12,18-19H,3-4,13H2,1-2H3. The van der Waals surface area contributed by atoms with Crippen LogP contribution in [-0.4, -0.2) is 20.8 Å². The van der Waals surface area contributed by atoms with Crippen LogP contribution >= 0.6 is 0 Å². The van der Waals surface area contributed by atoms with Crippen molar-refractivity contribution in [3.05, 3.63) is 48.5 Å². The molecular formula is C17H22N2O3S. The number of benzene rings is 2. The Morgan fingerprint density at radius 1 is 0.870 bits per heavy atom. The molecule has 2 rings (SSSR count). The van der Waals surface area contributed by atoms with Gasteiger partial charge in [-0.05, 0) is 61.9 Å². The highest BCUT2D eigenvalue weighted by Gasteiger charge is 2.08. The van der Waals surface area contributed by atoms with Gasteiger partial charge >= 0.3 is 0 Å². The predicted molar refractivity (Wildman–Crippen MR) is 95.0 cm³/mol. The van der Waals surface area contributed by atoms with Crippen LogP contribution < -0.4 is 14.8 Å². The molecule has 5 nitrogen and oxygen atoms in total. The molecule has 0 aliphatic carbocycles. The normalized spacial score (nSPS) is 11.0. The molecule has 0 heterocycles. The molecule has 0 unspecified atom stereocenters. The fourth-order valence-corrected chi connectivity index (χ4v) is 3.22. The Morgan fingerprint density at radius 2 is 1.39 bits per heavy atom. The summed E-state index contributed by atoms with van der Waals surface area (Å²) in [7, 11) is -3.25. The monoisotopic (exact) mass is 334 g/mol. The van der Waals surface area contributed by atoms with Crippen LogP contribution in [0.25, 0.3) is 0 Å². The molecule has 0 bridgehead atoms. The number of rotatable bonds is 8. The van der Waals surface area contributed by atoms with E-state index in [-0.39, 0.29) is 5.75 Å². The van der Waals surface area contributed by atoms with Crippen molar-refractivity contribution in [3.63, 3.8) is 0 Å². The summed E-state index contributed by atoms with van der Waals surface area (Å²) in [6.45, 7) is 4.42. The van der Waals surface area contributed by atoms with Gasteiger partial charge in [-0.2, -0.15) is 0 Å². The van der Waals surface area contributed by atoms with Crippen LogP contribution in [0.2, 0.25) is 0 Å². The minimum absolute atomic E-state index is 0.124. The summed E-state index contributed by atoms with van der Waals surface area (Å²) in [5, 5.41) is 3.26. The van der Waals surface area contributed by atoms with E-state index in [2.05, 4.69) is 10.0 Å². The summed E-state index contributed by atoms with van der Waals surface area (Å²) >= 11 is 0. The SMILES string of the molecule is CCCS(=O)(=O)Nc1ccc(Nc2ccc(OCC)cc2)cc1. The van der Waals surface area contributed by atoms with E-state index >= 15 is 0 Å². The largest absolute Gasteiger partial charge is 0.494 e. The average Bonchev–Trinajstić information content (AvgIpc) is 2.51. The van der Waals surface area contributed by atoms with Crippen LogP contribution in [0.3, 0.4) is 0 Å². The van der Waals surface area contributed by atoms with Gasteiger partial charge in [0.2, 0.25) is 10.0 Å². The van der Waals surface area contributed by atoms with Gasteiger partial charge in [0.05, 0.1) is 12.4 Å². The third-order valence-corrected chi connectivity index (χ3v) is 4.58. The minimum Gasteiger partial charge on any atom is -0.494 e. The van der Waals surface area contributed by atoms with Crippen molar-refractivity contribution in [2.75, 3.05) is 22.4 Å². The first kappa shape index (κ1) is 17.1. The van der Waals surface area contributed by atoms with Crippen LogP contribution in [0.5, 0.6) is 5.75 Å². The Morgan fingerprint density at radius 3 is 1.91 bits per heavy atom. The summed E-state index contributed by atoms with van der Waals surface area (Å²) in [5.74, 6) is 0.956. The van der Waals surface area contributed by atoms with Gasteiger partial charge in [0.25, 0.3) is 0 Å². The van der Waals surface area contributed by atoms with Crippen molar-refractivity contribution in [2.24, 2.45) is 0 Å². The van der Waals surface area contributed by atoms with Crippen LogP contribution in [0.15, 0.2) is 48.5 Å². The molecule has 0 fully saturated rings. The fourth-order valence-electron chi connectivity index (χ4n) is 2.09. The summed E-state index contributed by atoms with van der Waals surface area (Å²) in [6.07, 6.45) is 0.590. The number of anilines is 3. The molecule has 0 atom stereocenters. The molecule has 0 saturated carbocycles. The van der Waals surface area contributed by atoms with Crippen molar-refractivity contribution < 1.29 is 13.2 Å². The van der Waals surface area contributed by atoms with E-state index < -0.39 is 10.0 Å². The van der Waals surface area contributed by atoms with Gasteiger partial charge in [-0.15, -0.1) is 0 Å². The van der Waals surface area contributed by atoms with E-state index in [1.165, 1.54) is 0 Å². The van der Waals surface area contributed by atoms with Gasteiger partial charge in [0.1, 0.15) is 5.75 Å². The summed E-state index contributed by atoms with van der Waals surface area (Å²) in [5.41, 5.74) is 2.39. The Kier molecular flexibility index (Phi) is 5.87. The van der Waals surface area contributed by atoms with Gasteiger partial charge in [-0.1, -0.05) is 6.92 Å². The molecule has 2 aromatic rings. The first-order chi connectivity index (χ1) is 11.0. The number of sulfonamides is 1. The molecular weight excluding hydrogens is 312 g/mol. The Bertz CT molecular complexity index is 711. The predicted octanol–water partition coefficient (Wildman–Crippen LogP) is 3.98. The van der Waals surface area contributed by atoms with Crippen LogP contribution in [0.4, 0.5) is 17.1 Å². The number of nitrogens with one attached hydrogen (secondary N) is 2.